The number of nitrogens with two attached hydrogens (primary N) is 1. The number of nitriles is 2. The van der Waals surface area contributed by atoms with E-state index in [-0.39, 0.29) is 24.3 Å². The molecule has 0 radical (unpaired) electrons. The van der Waals surface area contributed by atoms with E-state index >= 15 is 0 Å². The predicted molar refractivity (Wildman–Crippen MR) is 176 cm³/mol. The average Bonchev–Trinajstić information content (AvgIpc) is 3.79. The fourth-order valence-electron chi connectivity index (χ4n) is 8.35. The Hall–Kier alpha value is -4.04. The Morgan fingerprint density at radius 2 is 1.96 bits per heavy atom. The van der Waals surface area contributed by atoms with Gasteiger partial charge in [0.05, 0.1) is 28.0 Å². The van der Waals surface area contributed by atoms with Crippen molar-refractivity contribution >= 4 is 33.2 Å². The summed E-state index contributed by atoms with van der Waals surface area (Å²) in [5.41, 5.74) is 8.79. The second kappa shape index (κ2) is 11.0. The molecule has 0 saturated carbocycles. The van der Waals surface area contributed by atoms with Crippen LogP contribution in [0.4, 0.5) is 10.8 Å². The van der Waals surface area contributed by atoms with Crippen molar-refractivity contribution in [2.24, 2.45) is 0 Å². The molecule has 1 aliphatic heterocycles. The van der Waals surface area contributed by atoms with Gasteiger partial charge < -0.3 is 25.2 Å². The normalized spacial score (nSPS) is 22.0. The molecule has 1 spiro atoms. The number of hydrogen-bond acceptors (Lipinski definition) is 12. The smallest absolute Gasteiger partial charge is 0.186 e. The van der Waals surface area contributed by atoms with Gasteiger partial charge in [0.2, 0.25) is 0 Å². The Kier molecular flexibility index (Phi) is 7.35. The molecule has 0 amide bonds. The summed E-state index contributed by atoms with van der Waals surface area (Å²) in [5.74, 6) is 1.69. The van der Waals surface area contributed by atoms with Crippen LogP contribution in [-0.2, 0) is 18.3 Å². The molecule has 4 aromatic rings. The summed E-state index contributed by atoms with van der Waals surface area (Å²) in [6.45, 7) is 6.90. The molecule has 1 fully saturated rings. The molecular weight excluding hydrogens is 600 g/mol. The largest absolute Gasteiger partial charge is 0.389 e. The van der Waals surface area contributed by atoms with Crippen LogP contribution >= 0.6 is 11.3 Å². The van der Waals surface area contributed by atoms with Crippen LogP contribution < -0.4 is 10.6 Å². The minimum absolute atomic E-state index is 0.0455. The van der Waals surface area contributed by atoms with Crippen LogP contribution in [0.2, 0.25) is 0 Å². The first-order valence-corrected chi connectivity index (χ1v) is 16.9. The van der Waals surface area contributed by atoms with Gasteiger partial charge in [-0.3, -0.25) is 0 Å². The number of fused-ring (bicyclic) bond motifs is 5. The summed E-state index contributed by atoms with van der Waals surface area (Å²) >= 11 is 1.52. The van der Waals surface area contributed by atoms with Crippen molar-refractivity contribution in [3.8, 4) is 23.7 Å². The maximum Gasteiger partial charge on any atom is 0.186 e. The maximum atomic E-state index is 10.8. The number of aliphatic hydroxyl groups is 1. The first-order chi connectivity index (χ1) is 22.0. The van der Waals surface area contributed by atoms with Gasteiger partial charge in [-0.15, -0.1) is 11.3 Å². The second-order valence-electron chi connectivity index (χ2n) is 14.0. The number of nitrogens with zero attached hydrogens (tertiary/aromatic N) is 9. The Bertz CT molecular complexity index is 1920. The molecule has 0 unspecified atom stereocenters. The molecule has 4 aromatic heterocycles. The first-order valence-electron chi connectivity index (χ1n) is 16.1. The molecule has 13 heteroatoms. The highest BCUT2D eigenvalue weighted by Gasteiger charge is 2.49. The molecule has 7 rings (SSSR count). The molecule has 46 heavy (non-hydrogen) atoms. The Morgan fingerprint density at radius 1 is 1.20 bits per heavy atom. The zero-order valence-corrected chi connectivity index (χ0v) is 27.9. The Labute approximate surface area is 272 Å². The standard InChI is InChI=1S/C33H40N10O2S/c1-18(22-10-8-14-41(22)4)43-31-24(21(16-35)39-43)30(42(5)17-32(2,3)44)37-29(38-31)26-19-9-6-12-33(27(19)45-40-26)13-7-11-23-25(33)20(15-34)28(36)46-23/h18,22,44H,6-14,17,36H2,1-5H3/t18-,22-,33-/m0/s1. The van der Waals surface area contributed by atoms with E-state index in [0.717, 1.165) is 79.7 Å². The van der Waals surface area contributed by atoms with Gasteiger partial charge in [-0.25, -0.2) is 14.6 Å². The van der Waals surface area contributed by atoms with Gasteiger partial charge in [0.15, 0.2) is 28.6 Å². The van der Waals surface area contributed by atoms with E-state index in [4.69, 9.17) is 25.3 Å². The molecule has 3 N–H and O–H groups in total. The lowest BCUT2D eigenvalue weighted by Crippen LogP contribution is -2.37. The summed E-state index contributed by atoms with van der Waals surface area (Å²) in [6.07, 6.45) is 7.38. The van der Waals surface area contributed by atoms with E-state index in [0.29, 0.717) is 38.9 Å². The van der Waals surface area contributed by atoms with Crippen LogP contribution in [0.5, 0.6) is 0 Å². The van der Waals surface area contributed by atoms with Crippen LogP contribution in [0, 0.1) is 22.7 Å². The quantitative estimate of drug-likeness (QED) is 0.300. The first kappa shape index (κ1) is 30.6. The number of aryl methyl sites for hydroxylation is 1. The van der Waals surface area contributed by atoms with Crippen molar-refractivity contribution in [2.75, 3.05) is 37.8 Å². The third-order valence-corrected chi connectivity index (χ3v) is 11.3. The van der Waals surface area contributed by atoms with Gasteiger partial charge in [0.1, 0.15) is 23.0 Å². The van der Waals surface area contributed by atoms with Gasteiger partial charge >= 0.3 is 0 Å². The van der Waals surface area contributed by atoms with E-state index in [1.165, 1.54) is 11.3 Å². The average molecular weight is 641 g/mol. The molecule has 3 atom stereocenters. The van der Waals surface area contributed by atoms with Crippen LogP contribution in [0.3, 0.4) is 0 Å². The van der Waals surface area contributed by atoms with Crippen molar-refractivity contribution in [1.29, 1.82) is 10.5 Å². The maximum absolute atomic E-state index is 10.8. The fourth-order valence-corrected chi connectivity index (χ4v) is 9.51. The summed E-state index contributed by atoms with van der Waals surface area (Å²) in [4.78, 5) is 15.5. The number of aromatic nitrogens is 5. The van der Waals surface area contributed by atoms with E-state index in [2.05, 4.69) is 36.2 Å². The van der Waals surface area contributed by atoms with E-state index < -0.39 is 11.0 Å². The Balaban J connectivity index is 1.44. The van der Waals surface area contributed by atoms with Gasteiger partial charge in [-0.05, 0) is 91.3 Å². The summed E-state index contributed by atoms with van der Waals surface area (Å²) < 4.78 is 8.16. The van der Waals surface area contributed by atoms with Crippen molar-refractivity contribution < 1.29 is 9.63 Å². The lowest BCUT2D eigenvalue weighted by atomic mass is 9.63. The van der Waals surface area contributed by atoms with E-state index in [9.17, 15) is 15.6 Å². The number of rotatable bonds is 6. The summed E-state index contributed by atoms with van der Waals surface area (Å²) in [5, 5.41) is 41.7. The van der Waals surface area contributed by atoms with Gasteiger partial charge in [-0.1, -0.05) is 5.16 Å². The van der Waals surface area contributed by atoms with Gasteiger partial charge in [0, 0.05) is 30.1 Å². The zero-order chi connectivity index (χ0) is 32.5. The van der Waals surface area contributed by atoms with E-state index in [1.807, 2.05) is 16.6 Å². The topological polar surface area (TPSA) is 170 Å². The van der Waals surface area contributed by atoms with Crippen LogP contribution in [-0.4, -0.2) is 73.7 Å². The number of likely N-dealkylation sites (N-methyl/N-ethyl adjacent to an activating group) is 2. The third kappa shape index (κ3) is 4.67. The minimum Gasteiger partial charge on any atom is -0.389 e. The summed E-state index contributed by atoms with van der Waals surface area (Å²) in [6, 6.07) is 4.88. The number of nitrogen functional groups attached to an aromatic ring is 1. The van der Waals surface area contributed by atoms with Crippen molar-refractivity contribution in [1.82, 2.24) is 29.8 Å². The highest BCUT2D eigenvalue weighted by atomic mass is 32.1. The SMILES string of the molecule is C[C@@H]([C@@H]1CCCN1C)n1nc(C#N)c2c(N(C)CC(C)(C)O)nc(-c3noc4c3CCC[C@@]43CCCc4sc(N)c(C#N)c43)nc21. The zero-order valence-electron chi connectivity index (χ0n) is 27.1. The molecule has 3 aliphatic rings. The van der Waals surface area contributed by atoms with Crippen molar-refractivity contribution in [2.45, 2.75) is 95.2 Å². The van der Waals surface area contributed by atoms with Crippen LogP contribution in [0.15, 0.2) is 4.52 Å². The molecule has 12 nitrogen and oxygen atoms in total. The van der Waals surface area contributed by atoms with Crippen molar-refractivity contribution in [3.63, 3.8) is 0 Å². The third-order valence-electron chi connectivity index (χ3n) is 10.2. The molecule has 5 heterocycles. The summed E-state index contributed by atoms with van der Waals surface area (Å²) in [7, 11) is 3.98. The number of thiophene rings is 1. The van der Waals surface area contributed by atoms with Gasteiger partial charge in [-0.2, -0.15) is 15.6 Å². The molecular formula is C33H40N10O2S. The number of hydrogen-bond donors (Lipinski definition) is 2. The minimum atomic E-state index is -1.02. The molecule has 0 bridgehead atoms. The van der Waals surface area contributed by atoms with Crippen molar-refractivity contribution in [3.05, 3.63) is 33.0 Å². The van der Waals surface area contributed by atoms with Gasteiger partial charge in [0.25, 0.3) is 0 Å². The predicted octanol–water partition coefficient (Wildman–Crippen LogP) is 4.69. The molecule has 240 valence electrons. The Morgan fingerprint density at radius 3 is 2.63 bits per heavy atom. The molecule has 2 aliphatic carbocycles. The van der Waals surface area contributed by atoms with Crippen LogP contribution in [0.1, 0.15) is 98.4 Å². The number of anilines is 2. The molecule has 1 saturated heterocycles. The highest BCUT2D eigenvalue weighted by molar-refractivity contribution is 7.16. The molecule has 0 aromatic carbocycles. The second-order valence-corrected chi connectivity index (χ2v) is 15.1. The van der Waals surface area contributed by atoms with E-state index in [1.54, 1.807) is 13.8 Å². The van der Waals surface area contributed by atoms with Crippen LogP contribution in [0.25, 0.3) is 22.6 Å². The number of likely N-dealkylation sites (tertiary alicyclic amines) is 1. The lowest BCUT2D eigenvalue weighted by Gasteiger charge is -2.39. The lowest BCUT2D eigenvalue weighted by molar-refractivity contribution is 0.0885. The highest BCUT2D eigenvalue weighted by Crippen LogP contribution is 2.55. The monoisotopic (exact) mass is 640 g/mol. The fraction of sp³-hybridized carbons (Fsp3) is 0.576.